The normalized spacial score (nSPS) is 20.4. The minimum absolute atomic E-state index is 0.00140. The Balaban J connectivity index is 1.10. The molecule has 1 amide bonds. The third-order valence-electron chi connectivity index (χ3n) is 7.71. The Morgan fingerprint density at radius 2 is 1.61 bits per heavy atom. The van der Waals surface area contributed by atoms with E-state index in [1.165, 1.54) is 0 Å². The Morgan fingerprint density at radius 1 is 0.902 bits per heavy atom. The summed E-state index contributed by atoms with van der Waals surface area (Å²) in [4.78, 5) is 17.8. The van der Waals surface area contributed by atoms with Crippen molar-refractivity contribution in [2.75, 3.05) is 33.0 Å². The molecule has 3 aliphatic rings. The van der Waals surface area contributed by atoms with Crippen LogP contribution in [-0.2, 0) is 34.0 Å². The molecule has 41 heavy (non-hydrogen) atoms. The van der Waals surface area contributed by atoms with Gasteiger partial charge in [-0.05, 0) is 52.6 Å². The van der Waals surface area contributed by atoms with E-state index in [4.69, 9.17) is 30.5 Å². The molecule has 214 valence electrons. The van der Waals surface area contributed by atoms with Crippen LogP contribution in [0, 0.1) is 0 Å². The van der Waals surface area contributed by atoms with Crippen molar-refractivity contribution in [2.45, 2.75) is 38.4 Å². The number of allylic oxidation sites excluding steroid dienone is 1. The monoisotopic (exact) mass is 576 g/mol. The molecule has 6 rings (SSSR count). The first-order valence-electron chi connectivity index (χ1n) is 13.9. The van der Waals surface area contributed by atoms with Crippen LogP contribution in [0.15, 0.2) is 78.6 Å². The van der Waals surface area contributed by atoms with E-state index in [-0.39, 0.29) is 25.2 Å². The van der Waals surface area contributed by atoms with Gasteiger partial charge >= 0.3 is 0 Å². The number of fused-ring (bicyclic) bond motifs is 1. The zero-order valence-corrected chi connectivity index (χ0v) is 23.5. The Kier molecular flexibility index (Phi) is 8.43. The Labute approximate surface area is 244 Å². The van der Waals surface area contributed by atoms with E-state index in [0.29, 0.717) is 36.9 Å². The van der Waals surface area contributed by atoms with Crippen molar-refractivity contribution in [1.29, 1.82) is 0 Å². The number of aliphatic hydroxyl groups is 1. The first-order chi connectivity index (χ1) is 20.0. The smallest absolute Gasteiger partial charge is 0.288 e. The number of rotatable bonds is 8. The average Bonchev–Trinajstić information content (AvgIpc) is 3.49. The van der Waals surface area contributed by atoms with Crippen molar-refractivity contribution in [3.05, 3.63) is 106 Å². The lowest BCUT2D eigenvalue weighted by Crippen LogP contribution is -2.49. The van der Waals surface area contributed by atoms with Crippen molar-refractivity contribution in [3.8, 4) is 11.5 Å². The second-order valence-electron chi connectivity index (χ2n) is 10.5. The van der Waals surface area contributed by atoms with E-state index < -0.39 is 6.29 Å². The number of benzene rings is 3. The molecule has 0 unspecified atom stereocenters. The van der Waals surface area contributed by atoms with Gasteiger partial charge in [0.25, 0.3) is 5.91 Å². The van der Waals surface area contributed by atoms with Crippen molar-refractivity contribution >= 4 is 17.5 Å². The molecule has 1 N–H and O–H groups in total. The molecule has 0 aromatic heterocycles. The molecule has 3 aliphatic heterocycles. The van der Waals surface area contributed by atoms with E-state index in [1.807, 2.05) is 71.6 Å². The summed E-state index contributed by atoms with van der Waals surface area (Å²) in [5.41, 5.74) is 4.02. The number of halogens is 1. The molecule has 0 radical (unpaired) electrons. The maximum atomic E-state index is 13.7. The quantitative estimate of drug-likeness (QED) is 0.411. The van der Waals surface area contributed by atoms with Crippen molar-refractivity contribution in [2.24, 2.45) is 0 Å². The second-order valence-corrected chi connectivity index (χ2v) is 11.0. The molecule has 8 nitrogen and oxygen atoms in total. The first kappa shape index (κ1) is 27.6. The fourth-order valence-electron chi connectivity index (χ4n) is 5.35. The SMILES string of the molecule is O=C(C1=C[C@@H](c2ccc(Cl)cc2)C[C@@H](OCc2ccc(CO)cc2)O1)N1CCN(Cc2ccc3c(c2)OCO3)CC1. The summed E-state index contributed by atoms with van der Waals surface area (Å²) in [7, 11) is 0. The van der Waals surface area contributed by atoms with Crippen LogP contribution >= 0.6 is 11.6 Å². The van der Waals surface area contributed by atoms with Gasteiger partial charge in [-0.15, -0.1) is 0 Å². The predicted molar refractivity (Wildman–Crippen MR) is 153 cm³/mol. The van der Waals surface area contributed by atoms with Crippen molar-refractivity contribution < 1.29 is 28.8 Å². The standard InChI is InChI=1S/C32H33ClN2O6/c33-27-8-6-25(7-9-27)26-16-30(41-31(17-26)38-20-23-3-1-22(19-36)2-4-23)32(37)35-13-11-34(12-14-35)18-24-5-10-28-29(15-24)40-21-39-28/h1-10,15-16,26,31,36H,11-14,17-21H2/t26-,31+/m1/s1. The van der Waals surface area contributed by atoms with Gasteiger partial charge in [-0.25, -0.2) is 0 Å². The lowest BCUT2D eigenvalue weighted by Gasteiger charge is -2.36. The van der Waals surface area contributed by atoms with E-state index in [2.05, 4.69) is 11.0 Å². The third-order valence-corrected chi connectivity index (χ3v) is 7.96. The predicted octanol–water partition coefficient (Wildman–Crippen LogP) is 4.84. The maximum Gasteiger partial charge on any atom is 0.288 e. The number of carbonyl (C=O) groups is 1. The molecule has 3 heterocycles. The van der Waals surface area contributed by atoms with Gasteiger partial charge in [0.05, 0.1) is 13.2 Å². The van der Waals surface area contributed by atoms with Gasteiger partial charge < -0.3 is 29.0 Å². The molecule has 1 saturated heterocycles. The average molecular weight is 577 g/mol. The summed E-state index contributed by atoms with van der Waals surface area (Å²) in [5.74, 6) is 1.72. The molecule has 1 fully saturated rings. The van der Waals surface area contributed by atoms with Crippen molar-refractivity contribution in [1.82, 2.24) is 9.80 Å². The molecule has 9 heteroatoms. The summed E-state index contributed by atoms with van der Waals surface area (Å²) >= 11 is 6.13. The number of amides is 1. The summed E-state index contributed by atoms with van der Waals surface area (Å²) < 4.78 is 23.2. The molecule has 0 aliphatic carbocycles. The maximum absolute atomic E-state index is 13.7. The number of carbonyl (C=O) groups excluding carboxylic acids is 1. The zero-order valence-electron chi connectivity index (χ0n) is 22.7. The Bertz CT molecular complexity index is 1390. The fourth-order valence-corrected chi connectivity index (χ4v) is 5.47. The number of aliphatic hydroxyl groups excluding tert-OH is 1. The summed E-state index contributed by atoms with van der Waals surface area (Å²) in [5, 5.41) is 9.97. The van der Waals surface area contributed by atoms with Crippen LogP contribution in [0.3, 0.4) is 0 Å². The van der Waals surface area contributed by atoms with Gasteiger partial charge in [-0.1, -0.05) is 54.1 Å². The zero-order chi connectivity index (χ0) is 28.2. The minimum atomic E-state index is -0.579. The molecule has 3 aromatic rings. The van der Waals surface area contributed by atoms with Crippen LogP contribution in [-0.4, -0.2) is 60.1 Å². The highest BCUT2D eigenvalue weighted by Gasteiger charge is 2.32. The molecule has 3 aromatic carbocycles. The van der Waals surface area contributed by atoms with E-state index >= 15 is 0 Å². The number of hydrogen-bond acceptors (Lipinski definition) is 7. The minimum Gasteiger partial charge on any atom is -0.459 e. The van der Waals surface area contributed by atoms with Gasteiger partial charge in [0.15, 0.2) is 17.3 Å². The molecule has 0 bridgehead atoms. The van der Waals surface area contributed by atoms with Crippen LogP contribution in [0.25, 0.3) is 0 Å². The topological polar surface area (TPSA) is 80.7 Å². The first-order valence-corrected chi connectivity index (χ1v) is 14.3. The van der Waals surface area contributed by atoms with E-state index in [0.717, 1.165) is 53.4 Å². The van der Waals surface area contributed by atoms with Crippen molar-refractivity contribution in [3.63, 3.8) is 0 Å². The molecular formula is C32H33ClN2O6. The number of hydrogen-bond donors (Lipinski definition) is 1. The highest BCUT2D eigenvalue weighted by molar-refractivity contribution is 6.30. The third kappa shape index (κ3) is 6.68. The fraction of sp³-hybridized carbons (Fsp3) is 0.344. The largest absolute Gasteiger partial charge is 0.459 e. The number of ether oxygens (including phenoxy) is 4. The lowest BCUT2D eigenvalue weighted by atomic mass is 9.93. The Hall–Kier alpha value is -3.56. The number of nitrogens with zero attached hydrogens (tertiary/aromatic N) is 2. The van der Waals surface area contributed by atoms with Gasteiger partial charge in [-0.3, -0.25) is 9.69 Å². The van der Waals surface area contributed by atoms with Gasteiger partial charge in [-0.2, -0.15) is 0 Å². The van der Waals surface area contributed by atoms with Gasteiger partial charge in [0, 0.05) is 50.1 Å². The lowest BCUT2D eigenvalue weighted by molar-refractivity contribution is -0.157. The van der Waals surface area contributed by atoms with Crippen LogP contribution in [0.2, 0.25) is 5.02 Å². The van der Waals surface area contributed by atoms with E-state index in [9.17, 15) is 9.90 Å². The molecule has 0 saturated carbocycles. The summed E-state index contributed by atoms with van der Waals surface area (Å²) in [6, 6.07) is 21.3. The van der Waals surface area contributed by atoms with Gasteiger partial charge in [0.2, 0.25) is 13.1 Å². The highest BCUT2D eigenvalue weighted by atomic mass is 35.5. The van der Waals surface area contributed by atoms with Crippen LogP contribution < -0.4 is 9.47 Å². The second kappa shape index (κ2) is 12.5. The molecule has 2 atom stereocenters. The number of piperazine rings is 1. The molecular weight excluding hydrogens is 544 g/mol. The van der Waals surface area contributed by atoms with Crippen LogP contribution in [0.4, 0.5) is 0 Å². The van der Waals surface area contributed by atoms with Gasteiger partial charge in [0.1, 0.15) is 0 Å². The molecule has 0 spiro atoms. The highest BCUT2D eigenvalue weighted by Crippen LogP contribution is 2.34. The Morgan fingerprint density at radius 3 is 2.37 bits per heavy atom. The summed E-state index contributed by atoms with van der Waals surface area (Å²) in [6.07, 6.45) is 1.92. The van der Waals surface area contributed by atoms with E-state index in [1.54, 1.807) is 0 Å². The summed E-state index contributed by atoms with van der Waals surface area (Å²) in [6.45, 7) is 4.13. The van der Waals surface area contributed by atoms with Crippen LogP contribution in [0.1, 0.15) is 34.6 Å². The van der Waals surface area contributed by atoms with Crippen LogP contribution in [0.5, 0.6) is 11.5 Å².